The maximum Gasteiger partial charge on any atom is 0.246 e. The fourth-order valence-electron chi connectivity index (χ4n) is 8.83. The minimum Gasteiger partial charge on any atom is -0.493 e. The first-order chi connectivity index (χ1) is 33.1. The second-order valence-corrected chi connectivity index (χ2v) is 19.5. The monoisotopic (exact) mass is 959 g/mol. The molecule has 5 N–H and O–H groups in total. The Labute approximate surface area is 403 Å². The van der Waals surface area contributed by atoms with Crippen molar-refractivity contribution in [3.63, 3.8) is 0 Å². The zero-order chi connectivity index (χ0) is 48.8. The SMILES string of the molecule is Cc1nc(CCC(=O)NCCCCC(=O)N[C@@H](C(=O)N2C[C@H](O)C[C@H]2C(=O)NCc2ccc(-c3scnc3C)cc2)C(C)(C)C)ccc1-c1cnc(NCc2c(F)ccc3c2CCO3)n2cnnc12. The van der Waals surface area contributed by atoms with Gasteiger partial charge in [-0.05, 0) is 67.9 Å². The molecule has 0 unspecified atom stereocenters. The molecule has 1 saturated heterocycles. The summed E-state index contributed by atoms with van der Waals surface area (Å²) in [6, 6.07) is 12.9. The second-order valence-electron chi connectivity index (χ2n) is 18.7. The zero-order valence-electron chi connectivity index (χ0n) is 39.5. The summed E-state index contributed by atoms with van der Waals surface area (Å²) in [5.74, 6) is -0.392. The van der Waals surface area contributed by atoms with Crippen molar-refractivity contribution in [1.29, 1.82) is 0 Å². The van der Waals surface area contributed by atoms with E-state index in [0.717, 1.165) is 49.8 Å². The zero-order valence-corrected chi connectivity index (χ0v) is 40.3. The van der Waals surface area contributed by atoms with Crippen LogP contribution < -0.4 is 26.0 Å². The highest BCUT2D eigenvalue weighted by Gasteiger charge is 2.44. The van der Waals surface area contributed by atoms with Crippen LogP contribution >= 0.6 is 11.3 Å². The van der Waals surface area contributed by atoms with Crippen LogP contribution in [0.5, 0.6) is 5.75 Å². The fraction of sp³-hybridized carbons (Fsp3) is 0.420. The number of pyridine rings is 1. The van der Waals surface area contributed by atoms with E-state index < -0.39 is 29.5 Å². The molecule has 2 aliphatic rings. The van der Waals surface area contributed by atoms with Gasteiger partial charge in [-0.2, -0.15) is 0 Å². The number of thiazole rings is 1. The molecular weight excluding hydrogens is 902 g/mol. The average molecular weight is 960 g/mol. The Morgan fingerprint density at radius 1 is 0.942 bits per heavy atom. The molecule has 17 nitrogen and oxygen atoms in total. The highest BCUT2D eigenvalue weighted by atomic mass is 32.1. The standard InChI is InChI=1S/C50H58FN11O6S/c1-29-35(38-25-55-49(62-27-57-60-46(38)62)54-24-37-36-19-21-68-41(36)17-16-39(37)51)15-13-33(58-29)14-18-42(64)52-20-7-6-8-43(65)59-45(50(3,4)5)48(67)61-26-34(63)22-40(61)47(66)53-23-31-9-11-32(12-10-31)44-30(2)56-28-69-44/h9-13,15-17,25,27-28,34,40,45,63H,6-8,14,18-24,26H2,1-5H3,(H,52,64)(H,53,66)(H,54,55)(H,59,65)/t34-,40+,45+/m1/s1. The van der Waals surface area contributed by atoms with Gasteiger partial charge in [-0.25, -0.2) is 14.4 Å². The Balaban J connectivity index is 0.768. The number of nitrogens with one attached hydrogen (secondary N) is 4. The molecule has 6 aromatic rings. The van der Waals surface area contributed by atoms with Crippen molar-refractivity contribution >= 4 is 46.6 Å². The second kappa shape index (κ2) is 21.2. The van der Waals surface area contributed by atoms with Gasteiger partial charge in [0.1, 0.15) is 30.0 Å². The lowest BCUT2D eigenvalue weighted by atomic mass is 9.85. The number of anilines is 1. The fourth-order valence-corrected chi connectivity index (χ4v) is 9.64. The van der Waals surface area contributed by atoms with Gasteiger partial charge >= 0.3 is 0 Å². The number of aliphatic hydroxyl groups is 1. The number of benzene rings is 2. The number of aryl methyl sites for hydroxylation is 3. The first kappa shape index (κ1) is 48.6. The number of likely N-dealkylation sites (tertiary alicyclic amines) is 1. The number of carbonyl (C=O) groups is 4. The van der Waals surface area contributed by atoms with Crippen molar-refractivity contribution in [2.45, 2.75) is 111 Å². The molecule has 4 aromatic heterocycles. The number of fused-ring (bicyclic) bond motifs is 2. The normalized spacial score (nSPS) is 16.0. The van der Waals surface area contributed by atoms with E-state index in [1.54, 1.807) is 34.3 Å². The summed E-state index contributed by atoms with van der Waals surface area (Å²) in [4.78, 5) is 69.7. The van der Waals surface area contributed by atoms with Crippen molar-refractivity contribution in [3.05, 3.63) is 106 Å². The Hall–Kier alpha value is -6.86. The number of halogens is 1. The molecule has 69 heavy (non-hydrogen) atoms. The van der Waals surface area contributed by atoms with E-state index in [0.29, 0.717) is 61.7 Å². The number of unbranched alkanes of at least 4 members (excludes halogenated alkanes) is 1. The molecule has 3 atom stereocenters. The van der Waals surface area contributed by atoms with Crippen LogP contribution in [0, 0.1) is 25.1 Å². The number of nitrogens with zero attached hydrogens (tertiary/aromatic N) is 7. The van der Waals surface area contributed by atoms with Gasteiger partial charge in [0.15, 0.2) is 5.65 Å². The predicted molar refractivity (Wildman–Crippen MR) is 259 cm³/mol. The number of hydrogen-bond donors (Lipinski definition) is 5. The molecule has 0 bridgehead atoms. The molecule has 1 fully saturated rings. The first-order valence-electron chi connectivity index (χ1n) is 23.3. The average Bonchev–Trinajstić information content (AvgIpc) is 4.17. The van der Waals surface area contributed by atoms with E-state index in [4.69, 9.17) is 9.72 Å². The molecule has 0 saturated carbocycles. The lowest BCUT2D eigenvalue weighted by Gasteiger charge is -2.35. The number of aromatic nitrogens is 6. The molecule has 6 heterocycles. The van der Waals surface area contributed by atoms with E-state index in [1.165, 1.54) is 11.0 Å². The topological polar surface area (TPSA) is 218 Å². The summed E-state index contributed by atoms with van der Waals surface area (Å²) in [6.45, 7) is 10.7. The van der Waals surface area contributed by atoms with Crippen LogP contribution in [0.4, 0.5) is 10.3 Å². The van der Waals surface area contributed by atoms with Crippen LogP contribution in [-0.2, 0) is 45.1 Å². The summed E-state index contributed by atoms with van der Waals surface area (Å²) in [5, 5.41) is 31.0. The smallest absolute Gasteiger partial charge is 0.246 e. The quantitative estimate of drug-likeness (QED) is 0.0662. The van der Waals surface area contributed by atoms with Crippen LogP contribution in [0.2, 0.25) is 0 Å². The lowest BCUT2D eigenvalue weighted by molar-refractivity contribution is -0.144. The molecular formula is C50H58FN11O6S. The van der Waals surface area contributed by atoms with Crippen molar-refractivity contribution in [2.24, 2.45) is 5.41 Å². The van der Waals surface area contributed by atoms with Crippen LogP contribution in [0.3, 0.4) is 0 Å². The van der Waals surface area contributed by atoms with Crippen LogP contribution in [0.15, 0.2) is 66.6 Å². The summed E-state index contributed by atoms with van der Waals surface area (Å²) in [7, 11) is 0. The number of carbonyl (C=O) groups excluding carboxylic acids is 4. The summed E-state index contributed by atoms with van der Waals surface area (Å²) >= 11 is 1.57. The molecule has 4 amide bonds. The van der Waals surface area contributed by atoms with Gasteiger partial charge in [-0.1, -0.05) is 51.1 Å². The van der Waals surface area contributed by atoms with Crippen LogP contribution in [-0.4, -0.2) is 101 Å². The minimum absolute atomic E-state index is 0.0134. The molecule has 2 aliphatic heterocycles. The van der Waals surface area contributed by atoms with Crippen molar-refractivity contribution in [1.82, 2.24) is 50.4 Å². The first-order valence-corrected chi connectivity index (χ1v) is 24.2. The number of rotatable bonds is 18. The van der Waals surface area contributed by atoms with Crippen LogP contribution in [0.25, 0.3) is 27.2 Å². The molecule has 0 spiro atoms. The summed E-state index contributed by atoms with van der Waals surface area (Å²) in [6.07, 6.45) is 4.92. The molecule has 19 heteroatoms. The molecule has 0 radical (unpaired) electrons. The molecule has 362 valence electrons. The number of ether oxygens (including phenoxy) is 1. The van der Waals surface area contributed by atoms with Gasteiger partial charge in [0.25, 0.3) is 0 Å². The third kappa shape index (κ3) is 11.4. The van der Waals surface area contributed by atoms with Crippen molar-refractivity contribution in [2.75, 3.05) is 25.0 Å². The predicted octanol–water partition coefficient (Wildman–Crippen LogP) is 5.64. The maximum absolute atomic E-state index is 14.8. The molecule has 2 aromatic carbocycles. The largest absolute Gasteiger partial charge is 0.493 e. The van der Waals surface area contributed by atoms with Gasteiger partial charge < -0.3 is 36.0 Å². The number of β-amino-alcohol motifs (C(OH)–C–C–N with tert-alkyl or cyclic N) is 1. The molecule has 8 rings (SSSR count). The Morgan fingerprint density at radius 2 is 1.75 bits per heavy atom. The highest BCUT2D eigenvalue weighted by Crippen LogP contribution is 2.33. The number of amides is 4. The van der Waals surface area contributed by atoms with E-state index in [9.17, 15) is 28.7 Å². The van der Waals surface area contributed by atoms with Crippen molar-refractivity contribution in [3.8, 4) is 27.3 Å². The summed E-state index contributed by atoms with van der Waals surface area (Å²) < 4.78 is 22.1. The van der Waals surface area contributed by atoms with E-state index in [-0.39, 0.29) is 62.4 Å². The van der Waals surface area contributed by atoms with Gasteiger partial charge in [-0.3, -0.25) is 28.6 Å². The summed E-state index contributed by atoms with van der Waals surface area (Å²) in [5.41, 5.74) is 8.99. The lowest BCUT2D eigenvalue weighted by Crippen LogP contribution is -2.57. The van der Waals surface area contributed by atoms with E-state index in [1.807, 2.05) is 76.5 Å². The molecule has 0 aliphatic carbocycles. The van der Waals surface area contributed by atoms with Gasteiger partial charge in [0.05, 0.1) is 28.8 Å². The van der Waals surface area contributed by atoms with E-state index >= 15 is 0 Å². The van der Waals surface area contributed by atoms with Gasteiger partial charge in [0.2, 0.25) is 29.6 Å². The van der Waals surface area contributed by atoms with E-state index in [2.05, 4.69) is 41.4 Å². The maximum atomic E-state index is 14.8. The number of hydrogen-bond acceptors (Lipinski definition) is 13. The third-order valence-corrected chi connectivity index (χ3v) is 13.6. The Bertz CT molecular complexity index is 2840. The van der Waals surface area contributed by atoms with Gasteiger partial charge in [-0.15, -0.1) is 21.5 Å². The van der Waals surface area contributed by atoms with Crippen molar-refractivity contribution < 1.29 is 33.4 Å². The third-order valence-electron chi connectivity index (χ3n) is 12.6. The van der Waals surface area contributed by atoms with Gasteiger partial charge in [0, 0.05) is 91.7 Å². The highest BCUT2D eigenvalue weighted by molar-refractivity contribution is 7.13. The van der Waals surface area contributed by atoms with Crippen LogP contribution in [0.1, 0.15) is 86.6 Å². The number of aliphatic hydroxyl groups excluding tert-OH is 1. The Kier molecular flexibility index (Phi) is 14.9. The minimum atomic E-state index is -0.933. The Morgan fingerprint density at radius 3 is 2.51 bits per heavy atom.